The van der Waals surface area contributed by atoms with Crippen molar-refractivity contribution >= 4 is 32.9 Å². The topological polar surface area (TPSA) is 95.9 Å². The molecule has 0 bridgehead atoms. The SMILES string of the molecule is CCC1(CC)CC(=CC(=O)Nc2cccc3c2CCS(=O)(=O)N3CCO)c2ccc(C(F)(F)F)cc2O1. The van der Waals surface area contributed by atoms with Crippen molar-refractivity contribution in [2.24, 2.45) is 0 Å². The highest BCUT2D eigenvalue weighted by atomic mass is 32.2. The van der Waals surface area contributed by atoms with Gasteiger partial charge in [-0.15, -0.1) is 0 Å². The summed E-state index contributed by atoms with van der Waals surface area (Å²) < 4.78 is 72.2. The van der Waals surface area contributed by atoms with E-state index in [1.807, 2.05) is 13.8 Å². The maximum absolute atomic E-state index is 13.3. The number of halogens is 3. The number of carbonyl (C=O) groups excluding carboxylic acids is 1. The Hall–Kier alpha value is -3.05. The number of anilines is 2. The van der Waals surface area contributed by atoms with Gasteiger partial charge < -0.3 is 15.2 Å². The molecular weight excluding hydrogens is 509 g/mol. The number of hydrogen-bond acceptors (Lipinski definition) is 5. The summed E-state index contributed by atoms with van der Waals surface area (Å²) in [5, 5.41) is 12.2. The maximum Gasteiger partial charge on any atom is 0.416 e. The molecule has 37 heavy (non-hydrogen) atoms. The Bertz CT molecular complexity index is 1330. The molecule has 7 nitrogen and oxygen atoms in total. The Morgan fingerprint density at radius 1 is 1.22 bits per heavy atom. The second-order valence-electron chi connectivity index (χ2n) is 9.20. The lowest BCUT2D eigenvalue weighted by atomic mass is 9.83. The number of aliphatic hydroxyl groups is 1. The summed E-state index contributed by atoms with van der Waals surface area (Å²) in [5.41, 5.74) is 0.898. The summed E-state index contributed by atoms with van der Waals surface area (Å²) in [6.45, 7) is 3.34. The number of nitrogens with one attached hydrogen (secondary N) is 1. The molecule has 0 spiro atoms. The zero-order valence-corrected chi connectivity index (χ0v) is 21.4. The van der Waals surface area contributed by atoms with Crippen LogP contribution >= 0.6 is 0 Å². The molecule has 0 atom stereocenters. The highest BCUT2D eigenvalue weighted by Crippen LogP contribution is 2.45. The van der Waals surface area contributed by atoms with Gasteiger partial charge in [-0.3, -0.25) is 9.10 Å². The first-order valence-corrected chi connectivity index (χ1v) is 13.7. The van der Waals surface area contributed by atoms with Gasteiger partial charge in [0.05, 0.1) is 30.2 Å². The lowest BCUT2D eigenvalue weighted by Gasteiger charge is -2.39. The Morgan fingerprint density at radius 2 is 1.95 bits per heavy atom. The van der Waals surface area contributed by atoms with Gasteiger partial charge >= 0.3 is 6.18 Å². The number of fused-ring (bicyclic) bond motifs is 2. The van der Waals surface area contributed by atoms with Crippen LogP contribution in [-0.4, -0.2) is 43.9 Å². The number of alkyl halides is 3. The minimum atomic E-state index is -4.53. The number of amides is 1. The fourth-order valence-corrected chi connectivity index (χ4v) is 6.40. The van der Waals surface area contributed by atoms with E-state index in [2.05, 4.69) is 5.32 Å². The summed E-state index contributed by atoms with van der Waals surface area (Å²) in [6.07, 6.45) is -1.53. The van der Waals surface area contributed by atoms with E-state index in [1.165, 1.54) is 12.1 Å². The first kappa shape index (κ1) is 27.0. The van der Waals surface area contributed by atoms with Crippen LogP contribution in [0.1, 0.15) is 49.8 Å². The molecule has 0 aromatic heterocycles. The normalized spacial score (nSPS) is 19.1. The third kappa shape index (κ3) is 5.33. The minimum absolute atomic E-state index is 0.0887. The van der Waals surface area contributed by atoms with E-state index in [4.69, 9.17) is 4.74 Å². The second kappa shape index (κ2) is 10.0. The van der Waals surface area contributed by atoms with Crippen LogP contribution in [0.3, 0.4) is 0 Å². The summed E-state index contributed by atoms with van der Waals surface area (Å²) in [7, 11) is -3.58. The van der Waals surface area contributed by atoms with Crippen LogP contribution in [0, 0.1) is 0 Å². The molecule has 2 aromatic carbocycles. The number of β-amino-alcohol motifs (C(OH)–C–C–N with tert-alkyl or cyclic N) is 1. The largest absolute Gasteiger partial charge is 0.486 e. The monoisotopic (exact) mass is 538 g/mol. The van der Waals surface area contributed by atoms with Gasteiger partial charge in [0.2, 0.25) is 15.9 Å². The predicted octanol–water partition coefficient (Wildman–Crippen LogP) is 4.75. The van der Waals surface area contributed by atoms with E-state index >= 15 is 0 Å². The van der Waals surface area contributed by atoms with Crippen molar-refractivity contribution < 1.29 is 36.2 Å². The van der Waals surface area contributed by atoms with E-state index in [0.29, 0.717) is 47.3 Å². The van der Waals surface area contributed by atoms with Crippen LogP contribution in [0.25, 0.3) is 5.57 Å². The van der Waals surface area contributed by atoms with Gasteiger partial charge in [-0.05, 0) is 49.1 Å². The number of hydrogen-bond donors (Lipinski definition) is 2. The van der Waals surface area contributed by atoms with Crippen molar-refractivity contribution in [3.05, 3.63) is 59.2 Å². The van der Waals surface area contributed by atoms with Crippen molar-refractivity contribution in [3.8, 4) is 5.75 Å². The molecular formula is C26H29F3N2O5S. The molecule has 2 aliphatic heterocycles. The number of nitrogens with zero attached hydrogens (tertiary/aromatic N) is 1. The summed E-state index contributed by atoms with van der Waals surface area (Å²) in [6, 6.07) is 8.19. The van der Waals surface area contributed by atoms with Gasteiger partial charge in [0.1, 0.15) is 11.4 Å². The highest BCUT2D eigenvalue weighted by Gasteiger charge is 2.38. The molecule has 4 rings (SSSR count). The molecule has 0 radical (unpaired) electrons. The van der Waals surface area contributed by atoms with Crippen LogP contribution in [0.2, 0.25) is 0 Å². The van der Waals surface area contributed by atoms with E-state index in [0.717, 1.165) is 16.4 Å². The first-order chi connectivity index (χ1) is 17.4. The van der Waals surface area contributed by atoms with Crippen LogP contribution in [0.5, 0.6) is 5.75 Å². The zero-order chi connectivity index (χ0) is 27.0. The van der Waals surface area contributed by atoms with Crippen molar-refractivity contribution in [1.29, 1.82) is 0 Å². The molecule has 0 unspecified atom stereocenters. The van der Waals surface area contributed by atoms with Gasteiger partial charge in [-0.25, -0.2) is 8.42 Å². The van der Waals surface area contributed by atoms with Crippen molar-refractivity contribution in [2.75, 3.05) is 28.5 Å². The fraction of sp³-hybridized carbons (Fsp3) is 0.423. The third-order valence-corrected chi connectivity index (χ3v) is 8.79. The van der Waals surface area contributed by atoms with Crippen molar-refractivity contribution in [1.82, 2.24) is 0 Å². The van der Waals surface area contributed by atoms with Gasteiger partial charge in [0, 0.05) is 29.3 Å². The summed E-state index contributed by atoms with van der Waals surface area (Å²) in [5.74, 6) is -0.555. The third-order valence-electron chi connectivity index (χ3n) is 7.01. The smallest absolute Gasteiger partial charge is 0.416 e. The number of aliphatic hydroxyl groups excluding tert-OH is 1. The number of carbonyl (C=O) groups is 1. The Balaban J connectivity index is 1.69. The standard InChI is InChI=1S/C26H29F3N2O5S/c1-3-25(4-2)16-17(19-9-8-18(26(27,28)29)15-23(19)36-25)14-24(33)30-21-6-5-7-22-20(21)10-13-37(34,35)31(22)11-12-32/h5-9,14-15,32H,3-4,10-13,16H2,1-2H3,(H,30,33). The highest BCUT2D eigenvalue weighted by molar-refractivity contribution is 7.92. The Labute approximate surface area is 214 Å². The Morgan fingerprint density at radius 3 is 2.59 bits per heavy atom. The van der Waals surface area contributed by atoms with E-state index in [9.17, 15) is 31.5 Å². The van der Waals surface area contributed by atoms with Gasteiger partial charge in [0.15, 0.2) is 0 Å². The van der Waals surface area contributed by atoms with Crippen LogP contribution in [-0.2, 0) is 27.4 Å². The van der Waals surface area contributed by atoms with Gasteiger partial charge in [-0.2, -0.15) is 13.2 Å². The summed E-state index contributed by atoms with van der Waals surface area (Å²) >= 11 is 0. The van der Waals surface area contributed by atoms with E-state index < -0.39 is 33.3 Å². The zero-order valence-electron chi connectivity index (χ0n) is 20.6. The molecule has 200 valence electrons. The van der Waals surface area contributed by atoms with Crippen molar-refractivity contribution in [2.45, 2.75) is 51.3 Å². The molecule has 0 saturated carbocycles. The molecule has 1 amide bonds. The minimum Gasteiger partial charge on any atom is -0.486 e. The van der Waals surface area contributed by atoms with E-state index in [-0.39, 0.29) is 31.1 Å². The molecule has 0 fully saturated rings. The number of sulfonamides is 1. The lowest BCUT2D eigenvalue weighted by molar-refractivity contribution is -0.137. The quantitative estimate of drug-likeness (QED) is 0.518. The second-order valence-corrected chi connectivity index (χ2v) is 11.2. The van der Waals surface area contributed by atoms with Crippen LogP contribution in [0.15, 0.2) is 42.5 Å². The summed E-state index contributed by atoms with van der Waals surface area (Å²) in [4.78, 5) is 13.1. The van der Waals surface area contributed by atoms with Gasteiger partial charge in [-0.1, -0.05) is 26.0 Å². The van der Waals surface area contributed by atoms with E-state index in [1.54, 1.807) is 18.2 Å². The Kier molecular flexibility index (Phi) is 7.31. The van der Waals surface area contributed by atoms with Gasteiger partial charge in [0.25, 0.3) is 0 Å². The molecule has 2 aromatic rings. The fourth-order valence-electron chi connectivity index (χ4n) is 4.89. The average molecular weight is 539 g/mol. The number of benzene rings is 2. The maximum atomic E-state index is 13.3. The molecule has 2 aliphatic rings. The average Bonchev–Trinajstić information content (AvgIpc) is 2.84. The molecule has 2 N–H and O–H groups in total. The van der Waals surface area contributed by atoms with Crippen molar-refractivity contribution in [3.63, 3.8) is 0 Å². The molecule has 2 heterocycles. The van der Waals surface area contributed by atoms with Crippen LogP contribution in [0.4, 0.5) is 24.5 Å². The number of rotatable bonds is 6. The number of ether oxygens (including phenoxy) is 1. The lowest BCUT2D eigenvalue weighted by Crippen LogP contribution is -2.40. The predicted molar refractivity (Wildman–Crippen MR) is 135 cm³/mol. The first-order valence-electron chi connectivity index (χ1n) is 12.1. The molecule has 11 heteroatoms. The van der Waals surface area contributed by atoms with Crippen LogP contribution < -0.4 is 14.4 Å². The molecule has 0 saturated heterocycles. The molecule has 0 aliphatic carbocycles.